The Morgan fingerprint density at radius 3 is 2.62 bits per heavy atom. The molecule has 0 N–H and O–H groups in total. The van der Waals surface area contributed by atoms with Gasteiger partial charge < -0.3 is 9.53 Å². The van der Waals surface area contributed by atoms with Gasteiger partial charge in [0.2, 0.25) is 0 Å². The molecular formula is C10H12O2S. The number of carbonyl (C=O) groups is 1. The summed E-state index contributed by atoms with van der Waals surface area (Å²) >= 11 is 1.61. The Hall–Kier alpha value is -0.960. The van der Waals surface area contributed by atoms with Crippen LogP contribution < -0.4 is 4.74 Å². The van der Waals surface area contributed by atoms with Gasteiger partial charge in [0.1, 0.15) is 12.0 Å². The van der Waals surface area contributed by atoms with Gasteiger partial charge in [-0.1, -0.05) is 12.1 Å². The molecule has 0 aliphatic carbocycles. The molecule has 0 radical (unpaired) electrons. The number of methoxy groups -OCH3 is 1. The van der Waals surface area contributed by atoms with Gasteiger partial charge in [0.15, 0.2) is 0 Å². The molecule has 1 aromatic rings. The molecule has 0 saturated carbocycles. The second kappa shape index (κ2) is 5.65. The fourth-order valence-corrected chi connectivity index (χ4v) is 1.59. The molecule has 1 aromatic carbocycles. The number of hydrogen-bond acceptors (Lipinski definition) is 3. The Kier molecular flexibility index (Phi) is 4.40. The van der Waals surface area contributed by atoms with Crippen molar-refractivity contribution in [2.24, 2.45) is 0 Å². The predicted molar refractivity (Wildman–Crippen MR) is 55.2 cm³/mol. The number of hydrogen-bond donors (Lipinski definition) is 0. The highest BCUT2D eigenvalue weighted by Gasteiger charge is 1.93. The van der Waals surface area contributed by atoms with Crippen LogP contribution in [0.15, 0.2) is 24.3 Å². The molecule has 0 spiro atoms. The quantitative estimate of drug-likeness (QED) is 0.533. The molecule has 0 atom stereocenters. The summed E-state index contributed by atoms with van der Waals surface area (Å²) in [7, 11) is 1.65. The van der Waals surface area contributed by atoms with E-state index in [0.29, 0.717) is 5.75 Å². The van der Waals surface area contributed by atoms with Gasteiger partial charge in [0.05, 0.1) is 7.11 Å². The normalized spacial score (nSPS) is 9.62. The molecular weight excluding hydrogens is 184 g/mol. The number of rotatable bonds is 5. The maximum atomic E-state index is 10.1. The number of carbonyl (C=O) groups excluding carboxylic acids is 1. The van der Waals surface area contributed by atoms with E-state index in [-0.39, 0.29) is 0 Å². The van der Waals surface area contributed by atoms with Gasteiger partial charge >= 0.3 is 0 Å². The lowest BCUT2D eigenvalue weighted by molar-refractivity contribution is -0.105. The van der Waals surface area contributed by atoms with E-state index in [2.05, 4.69) is 0 Å². The van der Waals surface area contributed by atoms with Crippen LogP contribution in [0.5, 0.6) is 5.75 Å². The largest absolute Gasteiger partial charge is 0.497 e. The molecule has 3 heteroatoms. The zero-order valence-electron chi connectivity index (χ0n) is 7.53. The average molecular weight is 196 g/mol. The van der Waals surface area contributed by atoms with E-state index in [0.717, 1.165) is 17.8 Å². The highest BCUT2D eigenvalue weighted by atomic mass is 32.2. The zero-order valence-corrected chi connectivity index (χ0v) is 8.34. The van der Waals surface area contributed by atoms with Crippen LogP contribution in [0, 0.1) is 0 Å². The first kappa shape index (κ1) is 10.1. The van der Waals surface area contributed by atoms with E-state index in [1.807, 2.05) is 24.3 Å². The molecule has 1 rings (SSSR count). The SMILES string of the molecule is COc1ccc(CSCC=O)cc1. The van der Waals surface area contributed by atoms with Crippen LogP contribution in [0.3, 0.4) is 0 Å². The summed E-state index contributed by atoms with van der Waals surface area (Å²) in [6.45, 7) is 0. The molecule has 0 saturated heterocycles. The van der Waals surface area contributed by atoms with E-state index < -0.39 is 0 Å². The van der Waals surface area contributed by atoms with E-state index >= 15 is 0 Å². The summed E-state index contributed by atoms with van der Waals surface area (Å²) in [6.07, 6.45) is 0.925. The maximum absolute atomic E-state index is 10.1. The number of benzene rings is 1. The first-order valence-corrected chi connectivity index (χ1v) is 5.16. The third-order valence-corrected chi connectivity index (χ3v) is 2.52. The molecule has 0 amide bonds. The van der Waals surface area contributed by atoms with Gasteiger partial charge in [-0.3, -0.25) is 0 Å². The second-order valence-corrected chi connectivity index (χ2v) is 3.56. The van der Waals surface area contributed by atoms with Crippen molar-refractivity contribution >= 4 is 18.0 Å². The topological polar surface area (TPSA) is 26.3 Å². The van der Waals surface area contributed by atoms with Crippen molar-refractivity contribution in [2.75, 3.05) is 12.9 Å². The molecule has 0 unspecified atom stereocenters. The van der Waals surface area contributed by atoms with Crippen LogP contribution in [0.2, 0.25) is 0 Å². The third kappa shape index (κ3) is 3.51. The summed E-state index contributed by atoms with van der Waals surface area (Å²) in [4.78, 5) is 10.1. The lowest BCUT2D eigenvalue weighted by atomic mass is 10.2. The highest BCUT2D eigenvalue weighted by Crippen LogP contribution is 2.15. The summed E-state index contributed by atoms with van der Waals surface area (Å²) in [6, 6.07) is 7.88. The summed E-state index contributed by atoms with van der Waals surface area (Å²) in [5.41, 5.74) is 1.22. The molecule has 0 aliphatic heterocycles. The molecule has 2 nitrogen and oxygen atoms in total. The van der Waals surface area contributed by atoms with Gasteiger partial charge in [0.25, 0.3) is 0 Å². The van der Waals surface area contributed by atoms with E-state index in [9.17, 15) is 4.79 Å². The lowest BCUT2D eigenvalue weighted by Crippen LogP contribution is -1.85. The second-order valence-electron chi connectivity index (χ2n) is 2.53. The first-order chi connectivity index (χ1) is 6.36. The van der Waals surface area contributed by atoms with Gasteiger partial charge in [-0.05, 0) is 17.7 Å². The van der Waals surface area contributed by atoms with Crippen LogP contribution in [-0.4, -0.2) is 19.1 Å². The Balaban J connectivity index is 2.44. The molecule has 0 fully saturated rings. The molecule has 13 heavy (non-hydrogen) atoms. The Morgan fingerprint density at radius 1 is 1.38 bits per heavy atom. The van der Waals surface area contributed by atoms with E-state index in [4.69, 9.17) is 4.74 Å². The zero-order chi connectivity index (χ0) is 9.52. The molecule has 0 bridgehead atoms. The van der Waals surface area contributed by atoms with Gasteiger partial charge in [-0.25, -0.2) is 0 Å². The number of ether oxygens (including phenoxy) is 1. The lowest BCUT2D eigenvalue weighted by Gasteiger charge is -2.01. The van der Waals surface area contributed by atoms with Crippen LogP contribution >= 0.6 is 11.8 Å². The minimum absolute atomic E-state index is 0.562. The van der Waals surface area contributed by atoms with Crippen molar-refractivity contribution in [1.29, 1.82) is 0 Å². The fourth-order valence-electron chi connectivity index (χ4n) is 0.947. The van der Waals surface area contributed by atoms with Gasteiger partial charge in [0, 0.05) is 11.5 Å². The third-order valence-electron chi connectivity index (χ3n) is 1.61. The van der Waals surface area contributed by atoms with Gasteiger partial charge in [-0.15, -0.1) is 11.8 Å². The average Bonchev–Trinajstić information content (AvgIpc) is 2.19. The fraction of sp³-hybridized carbons (Fsp3) is 0.300. The summed E-state index contributed by atoms with van der Waals surface area (Å²) in [5, 5.41) is 0. The van der Waals surface area contributed by atoms with Crippen molar-refractivity contribution in [2.45, 2.75) is 5.75 Å². The molecule has 70 valence electrons. The number of aldehydes is 1. The maximum Gasteiger partial charge on any atom is 0.129 e. The van der Waals surface area contributed by atoms with E-state index in [1.165, 1.54) is 5.56 Å². The monoisotopic (exact) mass is 196 g/mol. The van der Waals surface area contributed by atoms with Crippen LogP contribution in [-0.2, 0) is 10.5 Å². The molecule has 0 heterocycles. The minimum atomic E-state index is 0.562. The van der Waals surface area contributed by atoms with Crippen molar-refractivity contribution in [1.82, 2.24) is 0 Å². The van der Waals surface area contributed by atoms with Crippen LogP contribution in [0.25, 0.3) is 0 Å². The summed E-state index contributed by atoms with van der Waals surface area (Å²) in [5.74, 6) is 2.30. The smallest absolute Gasteiger partial charge is 0.129 e. The van der Waals surface area contributed by atoms with Crippen LogP contribution in [0.4, 0.5) is 0 Å². The van der Waals surface area contributed by atoms with Crippen LogP contribution in [0.1, 0.15) is 5.56 Å². The van der Waals surface area contributed by atoms with Gasteiger partial charge in [-0.2, -0.15) is 0 Å². The Bertz CT molecular complexity index is 256. The molecule has 0 aliphatic rings. The Morgan fingerprint density at radius 2 is 2.08 bits per heavy atom. The van der Waals surface area contributed by atoms with Crippen molar-refractivity contribution in [3.63, 3.8) is 0 Å². The van der Waals surface area contributed by atoms with Crippen molar-refractivity contribution in [3.8, 4) is 5.75 Å². The standard InChI is InChI=1S/C10H12O2S/c1-12-10-4-2-9(3-5-10)8-13-7-6-11/h2-6H,7-8H2,1H3. The predicted octanol–water partition coefficient (Wildman–Crippen LogP) is 2.13. The highest BCUT2D eigenvalue weighted by molar-refractivity contribution is 7.99. The first-order valence-electron chi connectivity index (χ1n) is 4.01. The van der Waals surface area contributed by atoms with Crippen molar-refractivity contribution < 1.29 is 9.53 Å². The summed E-state index contributed by atoms with van der Waals surface area (Å²) < 4.78 is 5.03. The molecule has 0 aromatic heterocycles. The van der Waals surface area contributed by atoms with Crippen molar-refractivity contribution in [3.05, 3.63) is 29.8 Å². The Labute approximate surface area is 82.3 Å². The van der Waals surface area contributed by atoms with E-state index in [1.54, 1.807) is 18.9 Å². The minimum Gasteiger partial charge on any atom is -0.497 e. The number of thioether (sulfide) groups is 1.